The minimum absolute atomic E-state index is 0.251. The van der Waals surface area contributed by atoms with Gasteiger partial charge in [-0.05, 0) is 70.0 Å². The number of aryl methyl sites for hydroxylation is 3. The van der Waals surface area contributed by atoms with Gasteiger partial charge in [0, 0.05) is 21.2 Å². The van der Waals surface area contributed by atoms with Crippen molar-refractivity contribution in [3.63, 3.8) is 0 Å². The number of benzene rings is 4. The van der Waals surface area contributed by atoms with Crippen LogP contribution in [0.2, 0.25) is 0 Å². The van der Waals surface area contributed by atoms with E-state index in [-0.39, 0.29) is 5.41 Å². The number of aromatic nitrogens is 1. The van der Waals surface area contributed by atoms with E-state index in [4.69, 9.17) is 0 Å². The van der Waals surface area contributed by atoms with Gasteiger partial charge >= 0.3 is 0 Å². The van der Waals surface area contributed by atoms with Crippen LogP contribution < -0.4 is 4.57 Å². The molecule has 2 heteroatoms. The second-order valence-electron chi connectivity index (χ2n) is 10.8. The van der Waals surface area contributed by atoms with Gasteiger partial charge in [0.15, 0.2) is 6.20 Å². The second kappa shape index (κ2) is 7.08. The molecule has 0 saturated carbocycles. The first-order valence-electron chi connectivity index (χ1n) is 11.8. The largest absolute Gasteiger partial charge is 0.222 e. The van der Waals surface area contributed by atoms with E-state index in [1.165, 1.54) is 70.1 Å². The first kappa shape index (κ1) is 20.7. The van der Waals surface area contributed by atoms with Gasteiger partial charge in [-0.1, -0.05) is 75.0 Å². The van der Waals surface area contributed by atoms with E-state index < -0.39 is 0 Å². The Labute approximate surface area is 200 Å². The summed E-state index contributed by atoms with van der Waals surface area (Å²) in [7, 11) is 2.20. The van der Waals surface area contributed by atoms with Gasteiger partial charge < -0.3 is 0 Å². The third-order valence-corrected chi connectivity index (χ3v) is 8.44. The number of hydrogen-bond donors (Lipinski definition) is 0. The molecule has 0 atom stereocenters. The van der Waals surface area contributed by atoms with Gasteiger partial charge in [-0.2, -0.15) is 0 Å². The van der Waals surface area contributed by atoms with Gasteiger partial charge in [-0.3, -0.25) is 0 Å². The van der Waals surface area contributed by atoms with Crippen molar-refractivity contribution in [2.24, 2.45) is 12.5 Å². The summed E-state index contributed by atoms with van der Waals surface area (Å²) in [5, 5.41) is 8.28. The molecular weight excluding hydrogens is 418 g/mol. The van der Waals surface area contributed by atoms with Gasteiger partial charge in [0.1, 0.15) is 7.05 Å². The minimum Gasteiger partial charge on any atom is -0.200 e. The lowest BCUT2D eigenvalue weighted by molar-refractivity contribution is -0.659. The molecule has 0 aliphatic carbocycles. The van der Waals surface area contributed by atoms with Crippen molar-refractivity contribution >= 4 is 44.1 Å². The van der Waals surface area contributed by atoms with Crippen molar-refractivity contribution in [2.75, 3.05) is 0 Å². The first-order valence-corrected chi connectivity index (χ1v) is 12.6. The molecule has 1 aliphatic heterocycles. The molecule has 0 N–H and O–H groups in total. The van der Waals surface area contributed by atoms with Crippen molar-refractivity contribution in [1.82, 2.24) is 0 Å². The lowest BCUT2D eigenvalue weighted by Gasteiger charge is -2.25. The fourth-order valence-electron chi connectivity index (χ4n) is 5.73. The zero-order valence-electron chi connectivity index (χ0n) is 20.3. The van der Waals surface area contributed by atoms with Crippen molar-refractivity contribution < 1.29 is 4.57 Å². The molecule has 5 aromatic rings. The van der Waals surface area contributed by atoms with Crippen molar-refractivity contribution in [2.45, 2.75) is 50.8 Å². The van der Waals surface area contributed by atoms with Crippen LogP contribution >= 0.6 is 11.8 Å². The highest BCUT2D eigenvalue weighted by atomic mass is 32.2. The quantitative estimate of drug-likeness (QED) is 0.181. The molecule has 33 heavy (non-hydrogen) atoms. The highest BCUT2D eigenvalue weighted by Crippen LogP contribution is 2.52. The molecule has 0 bridgehead atoms. The molecule has 0 amide bonds. The van der Waals surface area contributed by atoms with Gasteiger partial charge in [-0.25, -0.2) is 4.57 Å². The average Bonchev–Trinajstić information content (AvgIpc) is 2.78. The van der Waals surface area contributed by atoms with Crippen LogP contribution in [0.25, 0.3) is 43.6 Å². The molecule has 0 spiro atoms. The zero-order chi connectivity index (χ0) is 23.1. The van der Waals surface area contributed by atoms with Crippen molar-refractivity contribution in [3.8, 4) is 11.3 Å². The van der Waals surface area contributed by atoms with Crippen LogP contribution in [0, 0.1) is 19.3 Å². The van der Waals surface area contributed by atoms with Crippen LogP contribution in [-0.2, 0) is 13.5 Å². The van der Waals surface area contributed by atoms with Crippen LogP contribution in [0.15, 0.2) is 70.6 Å². The fourth-order valence-corrected chi connectivity index (χ4v) is 7.05. The molecule has 0 fully saturated rings. The third kappa shape index (κ3) is 3.04. The van der Waals surface area contributed by atoms with Crippen LogP contribution in [0.5, 0.6) is 0 Å². The predicted molar refractivity (Wildman–Crippen MR) is 142 cm³/mol. The maximum Gasteiger partial charge on any atom is 0.222 e. The Kier molecular flexibility index (Phi) is 4.45. The molecular formula is C31H30NS+. The monoisotopic (exact) mass is 448 g/mol. The van der Waals surface area contributed by atoms with Crippen LogP contribution in [0.1, 0.15) is 37.5 Å². The van der Waals surface area contributed by atoms with E-state index >= 15 is 0 Å². The Morgan fingerprint density at radius 1 is 0.788 bits per heavy atom. The lowest BCUT2D eigenvalue weighted by atomic mass is 9.85. The Bertz CT molecular complexity index is 1620. The van der Waals surface area contributed by atoms with E-state index in [0.29, 0.717) is 0 Å². The Balaban J connectivity index is 1.77. The minimum atomic E-state index is 0.251. The third-order valence-electron chi connectivity index (χ3n) is 7.18. The maximum atomic E-state index is 2.47. The highest BCUT2D eigenvalue weighted by molar-refractivity contribution is 8.00. The molecule has 1 nitrogen and oxygen atoms in total. The van der Waals surface area contributed by atoms with Crippen molar-refractivity contribution in [3.05, 3.63) is 77.5 Å². The Hall–Kier alpha value is -2.84. The van der Waals surface area contributed by atoms with Crippen LogP contribution in [0.4, 0.5) is 0 Å². The Morgan fingerprint density at radius 3 is 2.21 bits per heavy atom. The number of hydrogen-bond acceptors (Lipinski definition) is 1. The SMILES string of the molecule is Cc1c2c(c(C)c3ccccc13)-c1c3c(cc4c(CC(C)(C)C)cccc4c3cc[n+]1C)S2. The molecule has 164 valence electrons. The van der Waals surface area contributed by atoms with E-state index in [1.54, 1.807) is 0 Å². The topological polar surface area (TPSA) is 3.88 Å². The first-order chi connectivity index (χ1) is 15.7. The number of pyridine rings is 1. The number of fused-ring (bicyclic) bond motifs is 5. The summed E-state index contributed by atoms with van der Waals surface area (Å²) in [6.45, 7) is 11.6. The fraction of sp³-hybridized carbons (Fsp3) is 0.258. The normalized spacial score (nSPS) is 13.2. The summed E-state index contributed by atoms with van der Waals surface area (Å²) in [5.41, 5.74) is 7.23. The molecule has 6 rings (SSSR count). The summed E-state index contributed by atoms with van der Waals surface area (Å²) in [4.78, 5) is 2.80. The number of rotatable bonds is 1. The van der Waals surface area contributed by atoms with Gasteiger partial charge in [-0.15, -0.1) is 0 Å². The second-order valence-corrected chi connectivity index (χ2v) is 11.8. The van der Waals surface area contributed by atoms with E-state index in [2.05, 4.69) is 107 Å². The predicted octanol–water partition coefficient (Wildman–Crippen LogP) is 8.31. The van der Waals surface area contributed by atoms with E-state index in [1.807, 2.05) is 11.8 Å². The smallest absolute Gasteiger partial charge is 0.200 e. The van der Waals surface area contributed by atoms with E-state index in [9.17, 15) is 0 Å². The molecule has 1 aliphatic rings. The molecule has 0 saturated heterocycles. The zero-order valence-corrected chi connectivity index (χ0v) is 21.2. The Morgan fingerprint density at radius 2 is 1.48 bits per heavy atom. The summed E-state index contributed by atoms with van der Waals surface area (Å²) in [6, 6.07) is 20.5. The van der Waals surface area contributed by atoms with Crippen molar-refractivity contribution in [1.29, 1.82) is 0 Å². The molecule has 2 heterocycles. The molecule has 1 aromatic heterocycles. The van der Waals surface area contributed by atoms with Gasteiger partial charge in [0.2, 0.25) is 5.69 Å². The van der Waals surface area contributed by atoms with Crippen LogP contribution in [0.3, 0.4) is 0 Å². The van der Waals surface area contributed by atoms with Gasteiger partial charge in [0.05, 0.1) is 10.9 Å². The number of nitrogens with zero attached hydrogens (tertiary/aromatic N) is 1. The maximum absolute atomic E-state index is 2.47. The lowest BCUT2D eigenvalue weighted by Crippen LogP contribution is -2.32. The molecule has 4 aromatic carbocycles. The summed E-state index contributed by atoms with van der Waals surface area (Å²) >= 11 is 1.97. The standard InChI is InChI=1S/C31H30NS/c1-18-21-11-7-8-12-22(21)19(2)30-27(18)29-28-24(14-15-32(29)6)23-13-9-10-20(17-31(3,4)5)25(23)16-26(28)33-30/h7-16H,17H2,1-6H3/q+1. The molecule has 0 unspecified atom stereocenters. The highest BCUT2D eigenvalue weighted by Gasteiger charge is 2.31. The summed E-state index contributed by atoms with van der Waals surface area (Å²) in [6.07, 6.45) is 3.33. The van der Waals surface area contributed by atoms with Crippen LogP contribution in [-0.4, -0.2) is 0 Å². The average molecular weight is 449 g/mol. The van der Waals surface area contributed by atoms with Gasteiger partial charge in [0.25, 0.3) is 0 Å². The van der Waals surface area contributed by atoms with E-state index in [0.717, 1.165) is 6.42 Å². The summed E-state index contributed by atoms with van der Waals surface area (Å²) < 4.78 is 2.33. The molecule has 0 radical (unpaired) electrons. The summed E-state index contributed by atoms with van der Waals surface area (Å²) in [5.74, 6) is 0.